The second-order valence-corrected chi connectivity index (χ2v) is 12.1. The average molecular weight is 335 g/mol. The molecule has 0 aromatic heterocycles. The van der Waals surface area contributed by atoms with Crippen LogP contribution in [0.3, 0.4) is 0 Å². The van der Waals surface area contributed by atoms with Gasteiger partial charge in [-0.15, -0.1) is 0 Å². The topological polar surface area (TPSA) is 108 Å². The second-order valence-electron chi connectivity index (χ2n) is 7.31. The molecule has 4 N–H and O–H groups in total. The minimum Gasteiger partial charge on any atom is -0.409 e. The molecule has 1 saturated heterocycles. The van der Waals surface area contributed by atoms with E-state index in [2.05, 4.69) is 26.1 Å². The first-order valence-electron chi connectivity index (χ1n) is 7.48. The number of hydrogen-bond donors (Lipinski definition) is 4. The summed E-state index contributed by atoms with van der Waals surface area (Å²) in [4.78, 5) is 11.4. The zero-order valence-corrected chi connectivity index (χ0v) is 15.2. The van der Waals surface area contributed by atoms with E-state index in [1.54, 1.807) is 0 Å². The first kappa shape index (κ1) is 19.5. The van der Waals surface area contributed by atoms with Gasteiger partial charge in [-0.25, -0.2) is 0 Å². The first-order chi connectivity index (χ1) is 9.90. The lowest BCUT2D eigenvalue weighted by molar-refractivity contribution is -0.251. The maximum atomic E-state index is 11.4. The fourth-order valence-electron chi connectivity index (χ4n) is 2.13. The van der Waals surface area contributed by atoms with Crippen molar-refractivity contribution in [2.24, 2.45) is 0 Å². The Bertz CT molecular complexity index is 397. The normalized spacial score (nSPS) is 33.6. The third-order valence-corrected chi connectivity index (χ3v) is 8.95. The van der Waals surface area contributed by atoms with Crippen LogP contribution in [0.4, 0.5) is 0 Å². The van der Waals surface area contributed by atoms with E-state index in [0.29, 0.717) is 0 Å². The van der Waals surface area contributed by atoms with Gasteiger partial charge in [0.15, 0.2) is 14.6 Å². The van der Waals surface area contributed by atoms with Crippen LogP contribution in [0.1, 0.15) is 27.7 Å². The Morgan fingerprint density at radius 1 is 1.32 bits per heavy atom. The monoisotopic (exact) mass is 335 g/mol. The van der Waals surface area contributed by atoms with E-state index in [4.69, 9.17) is 9.16 Å². The summed E-state index contributed by atoms with van der Waals surface area (Å²) < 4.78 is 11.4. The van der Waals surface area contributed by atoms with Crippen molar-refractivity contribution in [1.29, 1.82) is 0 Å². The maximum absolute atomic E-state index is 11.4. The fraction of sp³-hybridized carbons (Fsp3) is 0.929. The highest BCUT2D eigenvalue weighted by atomic mass is 28.4. The Balaban J connectivity index is 3.07. The molecule has 0 aromatic rings. The third-order valence-electron chi connectivity index (χ3n) is 4.48. The van der Waals surface area contributed by atoms with Gasteiger partial charge in [0.25, 0.3) is 0 Å². The van der Waals surface area contributed by atoms with Crippen LogP contribution in [0.25, 0.3) is 0 Å². The van der Waals surface area contributed by atoms with Crippen LogP contribution in [-0.4, -0.2) is 66.8 Å². The van der Waals surface area contributed by atoms with E-state index in [1.807, 2.05) is 13.1 Å². The van der Waals surface area contributed by atoms with Gasteiger partial charge >= 0.3 is 0 Å². The molecule has 1 unspecified atom stereocenters. The van der Waals surface area contributed by atoms with Gasteiger partial charge < -0.3 is 29.8 Å². The van der Waals surface area contributed by atoms with Crippen LogP contribution >= 0.6 is 0 Å². The second kappa shape index (κ2) is 6.94. The van der Waals surface area contributed by atoms with Gasteiger partial charge in [0.1, 0.15) is 18.2 Å². The number of amides is 1. The molecule has 5 atom stereocenters. The Morgan fingerprint density at radius 2 is 1.86 bits per heavy atom. The number of hydrogen-bond acceptors (Lipinski definition) is 6. The summed E-state index contributed by atoms with van der Waals surface area (Å²) in [6, 6.07) is -0.885. The van der Waals surface area contributed by atoms with Crippen molar-refractivity contribution in [3.05, 3.63) is 0 Å². The molecule has 0 radical (unpaired) electrons. The molecule has 0 aromatic carbocycles. The van der Waals surface area contributed by atoms with E-state index < -0.39 is 45.6 Å². The smallest absolute Gasteiger partial charge is 0.217 e. The Morgan fingerprint density at radius 3 is 2.27 bits per heavy atom. The summed E-state index contributed by atoms with van der Waals surface area (Å²) in [5.41, 5.74) is 0. The van der Waals surface area contributed by atoms with Crippen LogP contribution in [0.2, 0.25) is 18.1 Å². The lowest BCUT2D eigenvalue weighted by atomic mass is 9.97. The van der Waals surface area contributed by atoms with Crippen molar-refractivity contribution < 1.29 is 29.3 Å². The van der Waals surface area contributed by atoms with Crippen molar-refractivity contribution in [3.63, 3.8) is 0 Å². The van der Waals surface area contributed by atoms with Crippen LogP contribution < -0.4 is 5.32 Å². The largest absolute Gasteiger partial charge is 0.409 e. The van der Waals surface area contributed by atoms with Crippen LogP contribution in [0.15, 0.2) is 0 Å². The van der Waals surface area contributed by atoms with E-state index in [0.717, 1.165) is 0 Å². The standard InChI is InChI=1S/C14H29NO6Si/c1-8(17)15-10-12(21-22(5,6)14(2,3)4)11(18)9(7-16)20-13(10)19/h9-13,16,18-19H,7H2,1-6H3,(H,15,17)/t9-,10-,11-,12-,13?/m1/s1. The van der Waals surface area contributed by atoms with Crippen LogP contribution in [0, 0.1) is 0 Å². The number of carbonyl (C=O) groups is 1. The van der Waals surface area contributed by atoms with Crippen molar-refractivity contribution >= 4 is 14.2 Å². The molecule has 1 aliphatic heterocycles. The van der Waals surface area contributed by atoms with E-state index >= 15 is 0 Å². The Hall–Kier alpha value is -0.513. The number of aliphatic hydroxyl groups is 3. The number of rotatable bonds is 4. The van der Waals surface area contributed by atoms with Crippen LogP contribution in [0.5, 0.6) is 0 Å². The molecule has 0 spiro atoms. The fourth-order valence-corrected chi connectivity index (χ4v) is 3.45. The lowest BCUT2D eigenvalue weighted by Gasteiger charge is -2.47. The molecule has 0 bridgehead atoms. The third kappa shape index (κ3) is 4.27. The SMILES string of the molecule is CC(=O)N[C@H]1C(O)O[C@H](CO)[C@@H](O)[C@@H]1O[Si](C)(C)C(C)(C)C. The van der Waals surface area contributed by atoms with Gasteiger partial charge in [-0.2, -0.15) is 0 Å². The minimum atomic E-state index is -2.26. The van der Waals surface area contributed by atoms with Crippen LogP contribution in [-0.2, 0) is 14.0 Å². The Kier molecular flexibility index (Phi) is 6.16. The van der Waals surface area contributed by atoms with Crippen molar-refractivity contribution in [1.82, 2.24) is 5.32 Å². The summed E-state index contributed by atoms with van der Waals surface area (Å²) in [6.07, 6.45) is -4.28. The lowest BCUT2D eigenvalue weighted by Crippen LogP contribution is -2.67. The number of carbonyl (C=O) groups excluding carboxylic acids is 1. The number of aliphatic hydroxyl groups excluding tert-OH is 3. The molecule has 22 heavy (non-hydrogen) atoms. The molecular formula is C14H29NO6Si. The summed E-state index contributed by atoms with van der Waals surface area (Å²) >= 11 is 0. The van der Waals surface area contributed by atoms with Gasteiger partial charge in [-0.3, -0.25) is 4.79 Å². The quantitative estimate of drug-likeness (QED) is 0.537. The molecular weight excluding hydrogens is 306 g/mol. The van der Waals surface area contributed by atoms with Gasteiger partial charge in [-0.1, -0.05) is 20.8 Å². The van der Waals surface area contributed by atoms with E-state index in [9.17, 15) is 20.1 Å². The predicted molar refractivity (Wildman–Crippen MR) is 83.6 cm³/mol. The summed E-state index contributed by atoms with van der Waals surface area (Å²) in [7, 11) is -2.26. The summed E-state index contributed by atoms with van der Waals surface area (Å²) in [6.45, 7) is 11.1. The zero-order chi connectivity index (χ0) is 17.3. The molecule has 8 heteroatoms. The van der Waals surface area contributed by atoms with Gasteiger partial charge in [0, 0.05) is 6.92 Å². The number of nitrogens with one attached hydrogen (secondary N) is 1. The molecule has 130 valence electrons. The molecule has 1 aliphatic rings. The highest BCUT2D eigenvalue weighted by molar-refractivity contribution is 6.74. The molecule has 7 nitrogen and oxygen atoms in total. The number of ether oxygens (including phenoxy) is 1. The predicted octanol–water partition coefficient (Wildman–Crippen LogP) is -0.0481. The van der Waals surface area contributed by atoms with Gasteiger partial charge in [0.05, 0.1) is 12.7 Å². The average Bonchev–Trinajstić information content (AvgIpc) is 2.35. The molecule has 0 saturated carbocycles. The van der Waals surface area contributed by atoms with Crippen molar-refractivity contribution in [2.45, 2.75) is 76.5 Å². The minimum absolute atomic E-state index is 0.106. The molecule has 0 aliphatic carbocycles. The van der Waals surface area contributed by atoms with Gasteiger partial charge in [-0.05, 0) is 18.1 Å². The molecule has 1 rings (SSSR count). The maximum Gasteiger partial charge on any atom is 0.217 e. The van der Waals surface area contributed by atoms with Crippen molar-refractivity contribution in [2.75, 3.05) is 6.61 Å². The van der Waals surface area contributed by atoms with Crippen molar-refractivity contribution in [3.8, 4) is 0 Å². The summed E-state index contributed by atoms with van der Waals surface area (Å²) in [5.74, 6) is -0.355. The van der Waals surface area contributed by atoms with E-state index in [1.165, 1.54) is 6.92 Å². The Labute approximate surface area is 132 Å². The zero-order valence-electron chi connectivity index (χ0n) is 14.2. The molecule has 1 amide bonds. The molecule has 1 fully saturated rings. The molecule has 1 heterocycles. The highest BCUT2D eigenvalue weighted by Gasteiger charge is 2.50. The van der Waals surface area contributed by atoms with E-state index in [-0.39, 0.29) is 10.9 Å². The van der Waals surface area contributed by atoms with Gasteiger partial charge in [0.2, 0.25) is 5.91 Å². The summed E-state index contributed by atoms with van der Waals surface area (Å²) in [5, 5.41) is 32.3. The first-order valence-corrected chi connectivity index (χ1v) is 10.4. The highest BCUT2D eigenvalue weighted by Crippen LogP contribution is 2.39.